The predicted octanol–water partition coefficient (Wildman–Crippen LogP) is 4.64. The van der Waals surface area contributed by atoms with Crippen molar-refractivity contribution in [2.75, 3.05) is 64.4 Å². The second kappa shape index (κ2) is 20.2. The first-order valence-electron chi connectivity index (χ1n) is 19.1. The van der Waals surface area contributed by atoms with E-state index in [4.69, 9.17) is 19.3 Å². The van der Waals surface area contributed by atoms with Crippen molar-refractivity contribution in [3.63, 3.8) is 0 Å². The van der Waals surface area contributed by atoms with E-state index in [1.807, 2.05) is 22.5 Å². The number of anilines is 1. The average molecular weight is 882 g/mol. The zero-order chi connectivity index (χ0) is 43.6. The molecule has 2 aliphatic rings. The Hall–Kier alpha value is -3.79. The van der Waals surface area contributed by atoms with Gasteiger partial charge in [-0.2, -0.15) is 13.0 Å². The van der Waals surface area contributed by atoms with E-state index in [0.717, 1.165) is 11.4 Å². The summed E-state index contributed by atoms with van der Waals surface area (Å²) in [6.45, 7) is 5.95. The first kappa shape index (κ1) is 47.9. The fourth-order valence-electron chi connectivity index (χ4n) is 7.77. The molecule has 2 unspecified atom stereocenters. The van der Waals surface area contributed by atoms with Crippen LogP contribution in [0.1, 0.15) is 69.9 Å². The lowest BCUT2D eigenvalue weighted by molar-refractivity contribution is -0.438. The molecule has 0 aliphatic carbocycles. The maximum Gasteiger partial charge on any atom is 0.303 e. The molecule has 2 heterocycles. The second-order valence-electron chi connectivity index (χ2n) is 14.9. The Morgan fingerprint density at radius 1 is 0.814 bits per heavy atom. The van der Waals surface area contributed by atoms with Crippen molar-refractivity contribution < 1.29 is 67.6 Å². The molecule has 2 aliphatic heterocycles. The van der Waals surface area contributed by atoms with Gasteiger partial charge in [-0.1, -0.05) is 18.2 Å². The molecule has 2 N–H and O–H groups in total. The van der Waals surface area contributed by atoms with Gasteiger partial charge in [0.25, 0.3) is 10.1 Å². The van der Waals surface area contributed by atoms with Crippen LogP contribution in [-0.2, 0) is 60.2 Å². The zero-order valence-electron chi connectivity index (χ0n) is 33.7. The lowest BCUT2D eigenvalue weighted by Gasteiger charge is -2.30. The summed E-state index contributed by atoms with van der Waals surface area (Å²) in [6.07, 6.45) is 11.1. The van der Waals surface area contributed by atoms with Crippen molar-refractivity contribution in [1.82, 2.24) is 0 Å². The standard InChI is InChI=1S/C40H54N2O14S3/c1-39(19-11-27-57(45,46)47)32-28-30(58(48,49)50)15-17-34(32)41(21-10-6-9-14-38(43)44)36(39)12-7-5-8-13-37-40(2,20-23-56-26-25-55-4)33-29-31(59(51,52)53)16-18-35(33)42(37)22-24-54-3/h5,7-8,12-13,15-18,28-29H,6,9-11,14,19-27H2,1-4H3,(H3-,43,44,45,46,47,48,49,50,51,52,53)/p-1. The van der Waals surface area contributed by atoms with Crippen LogP contribution in [0.3, 0.4) is 0 Å². The maximum absolute atomic E-state index is 12.2. The summed E-state index contributed by atoms with van der Waals surface area (Å²) in [5, 5.41) is 9.12. The molecule has 0 saturated carbocycles. The normalized spacial score (nSPS) is 20.4. The number of unbranched alkanes of at least 4 members (excludes halogenated alkanes) is 2. The maximum atomic E-state index is 12.2. The minimum Gasteiger partial charge on any atom is -0.748 e. The number of ether oxygens (including phenoxy) is 3. The molecule has 2 aromatic carbocycles. The number of aliphatic carboxylic acids is 1. The van der Waals surface area contributed by atoms with E-state index in [1.165, 1.54) is 30.3 Å². The van der Waals surface area contributed by atoms with E-state index in [-0.39, 0.29) is 24.2 Å². The van der Waals surface area contributed by atoms with Crippen LogP contribution in [0.4, 0.5) is 11.4 Å². The highest BCUT2D eigenvalue weighted by Crippen LogP contribution is 2.51. The van der Waals surface area contributed by atoms with Crippen molar-refractivity contribution in [3.8, 4) is 0 Å². The van der Waals surface area contributed by atoms with Crippen LogP contribution in [0.5, 0.6) is 0 Å². The van der Waals surface area contributed by atoms with E-state index >= 15 is 0 Å². The number of carboxylic acids is 1. The summed E-state index contributed by atoms with van der Waals surface area (Å²) >= 11 is 0. The molecule has 0 fully saturated rings. The van der Waals surface area contributed by atoms with E-state index in [2.05, 4.69) is 0 Å². The molecule has 4 rings (SSSR count). The van der Waals surface area contributed by atoms with Gasteiger partial charge in [-0.25, -0.2) is 16.8 Å². The number of hydrogen-bond donors (Lipinski definition) is 2. The number of rotatable bonds is 24. The van der Waals surface area contributed by atoms with Crippen molar-refractivity contribution in [1.29, 1.82) is 0 Å². The molecule has 0 saturated heterocycles. The molecular formula is C40H53N2O14S3-. The highest BCUT2D eigenvalue weighted by molar-refractivity contribution is 7.86. The van der Waals surface area contributed by atoms with Crippen LogP contribution in [0.15, 0.2) is 82.3 Å². The molecule has 2 aromatic rings. The summed E-state index contributed by atoms with van der Waals surface area (Å²) in [5.74, 6) is -1.57. The Morgan fingerprint density at radius 3 is 2.15 bits per heavy atom. The third-order valence-electron chi connectivity index (χ3n) is 10.8. The van der Waals surface area contributed by atoms with Gasteiger partial charge < -0.3 is 33.3 Å². The zero-order valence-corrected chi connectivity index (χ0v) is 36.1. The Morgan fingerprint density at radius 2 is 1.51 bits per heavy atom. The number of methoxy groups -OCH3 is 2. The first-order chi connectivity index (χ1) is 27.7. The molecule has 16 nitrogen and oxygen atoms in total. The van der Waals surface area contributed by atoms with Gasteiger partial charge in [0.15, 0.2) is 5.71 Å². The Balaban J connectivity index is 1.80. The van der Waals surface area contributed by atoms with Crippen molar-refractivity contribution in [2.24, 2.45) is 0 Å². The molecule has 59 heavy (non-hydrogen) atoms. The highest BCUT2D eigenvalue weighted by atomic mass is 32.2. The van der Waals surface area contributed by atoms with E-state index in [0.29, 0.717) is 87.7 Å². The molecular weight excluding hydrogens is 829 g/mol. The molecule has 19 heteroatoms. The Bertz CT molecular complexity index is 2300. The molecule has 326 valence electrons. The average Bonchev–Trinajstić information content (AvgIpc) is 3.51. The molecule has 0 aromatic heterocycles. The summed E-state index contributed by atoms with van der Waals surface area (Å²) in [5.41, 5.74) is 2.10. The molecule has 0 spiro atoms. The van der Waals surface area contributed by atoms with Gasteiger partial charge in [-0.3, -0.25) is 9.35 Å². The number of carboxylic acid groups (broad SMARTS) is 1. The summed E-state index contributed by atoms with van der Waals surface area (Å²) in [7, 11) is -10.8. The Kier molecular flexibility index (Phi) is 16.4. The predicted molar refractivity (Wildman–Crippen MR) is 218 cm³/mol. The number of fused-ring (bicyclic) bond motifs is 2. The van der Waals surface area contributed by atoms with Crippen molar-refractivity contribution >= 4 is 53.4 Å². The summed E-state index contributed by atoms with van der Waals surface area (Å²) < 4.78 is 124. The molecule has 2 atom stereocenters. The number of allylic oxidation sites excluding steroid dienone is 6. The first-order valence-corrected chi connectivity index (χ1v) is 23.5. The fourth-order valence-corrected chi connectivity index (χ4v) is 9.27. The van der Waals surface area contributed by atoms with E-state index in [1.54, 1.807) is 51.5 Å². The number of carbonyl (C=O) groups is 1. The number of nitrogens with zero attached hydrogens (tertiary/aromatic N) is 2. The van der Waals surface area contributed by atoms with Crippen LogP contribution in [0, 0.1) is 0 Å². The smallest absolute Gasteiger partial charge is 0.303 e. The number of benzene rings is 2. The third-order valence-corrected chi connectivity index (χ3v) is 13.2. The molecule has 0 amide bonds. The van der Waals surface area contributed by atoms with Gasteiger partial charge in [0, 0.05) is 80.5 Å². The summed E-state index contributed by atoms with van der Waals surface area (Å²) in [4.78, 5) is 12.4. The van der Waals surface area contributed by atoms with Crippen molar-refractivity contribution in [2.45, 2.75) is 79.4 Å². The van der Waals surface area contributed by atoms with Crippen molar-refractivity contribution in [3.05, 3.63) is 83.6 Å². The summed E-state index contributed by atoms with van der Waals surface area (Å²) in [6, 6.07) is 8.50. The molecule has 0 bridgehead atoms. The van der Waals surface area contributed by atoms with Gasteiger partial charge in [0.1, 0.15) is 16.7 Å². The van der Waals surface area contributed by atoms with Crippen LogP contribution >= 0.6 is 0 Å². The van der Waals surface area contributed by atoms with Gasteiger partial charge in [-0.15, -0.1) is 0 Å². The minimum absolute atomic E-state index is 0.00493. The number of hydrogen-bond acceptors (Lipinski definition) is 13. The van der Waals surface area contributed by atoms with Gasteiger partial charge in [0.05, 0.1) is 45.1 Å². The monoisotopic (exact) mass is 881 g/mol. The van der Waals surface area contributed by atoms with Crippen LogP contribution in [0.2, 0.25) is 0 Å². The highest BCUT2D eigenvalue weighted by Gasteiger charge is 2.48. The van der Waals surface area contributed by atoms with Crippen LogP contribution < -0.4 is 4.90 Å². The van der Waals surface area contributed by atoms with Gasteiger partial charge >= 0.3 is 5.97 Å². The SMILES string of the molecule is COCCOCCC1(C)\C(=C/C=C/C=C/C2=[N+](CCCCCC(=O)O)c3ccc(S(=O)(=O)[O-])cc3C2(C)CCCS(=O)(=O)[O-])N(CCOC)c2ccc(S(=O)(=O)O)cc21. The quantitative estimate of drug-likeness (QED) is 0.0632. The second-order valence-corrected chi connectivity index (χ2v) is 19.2. The fraction of sp³-hybridized carbons (Fsp3) is 0.500. The third kappa shape index (κ3) is 12.2. The van der Waals surface area contributed by atoms with Crippen LogP contribution in [-0.4, -0.2) is 120 Å². The molecule has 0 radical (unpaired) electrons. The van der Waals surface area contributed by atoms with E-state index in [9.17, 15) is 43.7 Å². The topological polar surface area (TPSA) is 240 Å². The lowest BCUT2D eigenvalue weighted by atomic mass is 9.76. The van der Waals surface area contributed by atoms with Gasteiger partial charge in [0.2, 0.25) is 5.69 Å². The largest absolute Gasteiger partial charge is 0.748 e. The van der Waals surface area contributed by atoms with Gasteiger partial charge in [-0.05, 0) is 87.9 Å². The lowest BCUT2D eigenvalue weighted by Crippen LogP contribution is -2.32. The Labute approximate surface area is 347 Å². The van der Waals surface area contributed by atoms with E-state index < -0.39 is 57.8 Å². The minimum atomic E-state index is -4.86. The van der Waals surface area contributed by atoms with Crippen LogP contribution in [0.25, 0.3) is 0 Å².